The standard InChI is InChI=1S/C11H14N4O2S/c1-8-4-10(2-3-11(8)12)18(16,17)15-7-9-5-13-14-6-9/h2-6,15H,7,12H2,1H3,(H,13,14). The molecule has 0 spiro atoms. The molecule has 0 saturated carbocycles. The van der Waals surface area contributed by atoms with E-state index in [9.17, 15) is 8.42 Å². The zero-order chi connectivity index (χ0) is 13.2. The highest BCUT2D eigenvalue weighted by Gasteiger charge is 2.14. The van der Waals surface area contributed by atoms with Gasteiger partial charge in [-0.05, 0) is 30.7 Å². The van der Waals surface area contributed by atoms with Crippen molar-refractivity contribution in [3.8, 4) is 0 Å². The third kappa shape index (κ3) is 2.69. The summed E-state index contributed by atoms with van der Waals surface area (Å²) in [4.78, 5) is 0.206. The van der Waals surface area contributed by atoms with Gasteiger partial charge in [0.1, 0.15) is 0 Å². The van der Waals surface area contributed by atoms with Crippen molar-refractivity contribution in [2.45, 2.75) is 18.4 Å². The Labute approximate surface area is 105 Å². The molecule has 7 heteroatoms. The second kappa shape index (κ2) is 4.79. The fraction of sp³-hybridized carbons (Fsp3) is 0.182. The molecule has 0 amide bonds. The lowest BCUT2D eigenvalue weighted by molar-refractivity contribution is 0.581. The van der Waals surface area contributed by atoms with Crippen molar-refractivity contribution in [2.75, 3.05) is 5.73 Å². The smallest absolute Gasteiger partial charge is 0.240 e. The highest BCUT2D eigenvalue weighted by atomic mass is 32.2. The van der Waals surface area contributed by atoms with Crippen LogP contribution in [0.5, 0.6) is 0 Å². The van der Waals surface area contributed by atoms with E-state index < -0.39 is 10.0 Å². The summed E-state index contributed by atoms with van der Waals surface area (Å²) in [6.07, 6.45) is 3.20. The molecule has 1 heterocycles. The molecule has 2 rings (SSSR count). The van der Waals surface area contributed by atoms with E-state index in [2.05, 4.69) is 14.9 Å². The summed E-state index contributed by atoms with van der Waals surface area (Å²) in [7, 11) is -3.52. The molecule has 0 saturated heterocycles. The van der Waals surface area contributed by atoms with Gasteiger partial charge < -0.3 is 5.73 Å². The first-order valence-electron chi connectivity index (χ1n) is 5.32. The van der Waals surface area contributed by atoms with Gasteiger partial charge in [0.15, 0.2) is 0 Å². The number of sulfonamides is 1. The Balaban J connectivity index is 2.17. The van der Waals surface area contributed by atoms with Crippen LogP contribution in [0.3, 0.4) is 0 Å². The zero-order valence-corrected chi connectivity index (χ0v) is 10.7. The summed E-state index contributed by atoms with van der Waals surface area (Å²) >= 11 is 0. The Morgan fingerprint density at radius 3 is 2.83 bits per heavy atom. The molecule has 1 aromatic carbocycles. The number of aromatic amines is 1. The normalized spacial score (nSPS) is 11.6. The minimum absolute atomic E-state index is 0.197. The summed E-state index contributed by atoms with van der Waals surface area (Å²) in [6, 6.07) is 4.62. The van der Waals surface area contributed by atoms with Crippen LogP contribution in [-0.4, -0.2) is 18.6 Å². The maximum Gasteiger partial charge on any atom is 0.240 e. The first-order valence-corrected chi connectivity index (χ1v) is 6.81. The quantitative estimate of drug-likeness (QED) is 0.712. The largest absolute Gasteiger partial charge is 0.399 e. The van der Waals surface area contributed by atoms with Crippen LogP contribution in [0.4, 0.5) is 5.69 Å². The van der Waals surface area contributed by atoms with Gasteiger partial charge in [0.05, 0.1) is 11.1 Å². The summed E-state index contributed by atoms with van der Waals surface area (Å²) in [5.74, 6) is 0. The Hall–Kier alpha value is -1.86. The van der Waals surface area contributed by atoms with E-state index in [1.54, 1.807) is 31.5 Å². The van der Waals surface area contributed by atoms with Crippen LogP contribution >= 0.6 is 0 Å². The first-order chi connectivity index (χ1) is 8.49. The van der Waals surface area contributed by atoms with Gasteiger partial charge in [-0.15, -0.1) is 0 Å². The van der Waals surface area contributed by atoms with E-state index in [0.29, 0.717) is 5.69 Å². The van der Waals surface area contributed by atoms with Crippen LogP contribution in [0, 0.1) is 6.92 Å². The molecule has 0 atom stereocenters. The van der Waals surface area contributed by atoms with E-state index >= 15 is 0 Å². The molecule has 0 aliphatic heterocycles. The zero-order valence-electron chi connectivity index (χ0n) is 9.84. The molecule has 0 aliphatic rings. The number of H-pyrrole nitrogens is 1. The second-order valence-corrected chi connectivity index (χ2v) is 5.72. The summed E-state index contributed by atoms with van der Waals surface area (Å²) in [5.41, 5.74) is 7.73. The van der Waals surface area contributed by atoms with E-state index in [1.807, 2.05) is 0 Å². The molecule has 1 aromatic heterocycles. The number of nitrogens with one attached hydrogen (secondary N) is 2. The fourth-order valence-corrected chi connectivity index (χ4v) is 2.55. The van der Waals surface area contributed by atoms with Crippen LogP contribution < -0.4 is 10.5 Å². The third-order valence-corrected chi connectivity index (χ3v) is 3.97. The molecule has 0 bridgehead atoms. The van der Waals surface area contributed by atoms with Crippen molar-refractivity contribution < 1.29 is 8.42 Å². The minimum Gasteiger partial charge on any atom is -0.399 e. The maximum absolute atomic E-state index is 12.0. The predicted octanol–water partition coefficient (Wildman–Crippen LogP) is 0.779. The van der Waals surface area contributed by atoms with Crippen LogP contribution in [0.15, 0.2) is 35.5 Å². The number of aryl methyl sites for hydroxylation is 1. The number of nitrogens with two attached hydrogens (primary N) is 1. The monoisotopic (exact) mass is 266 g/mol. The minimum atomic E-state index is -3.52. The maximum atomic E-state index is 12.0. The molecule has 2 aromatic rings. The summed E-state index contributed by atoms with van der Waals surface area (Å²) < 4.78 is 26.5. The van der Waals surface area contributed by atoms with Gasteiger partial charge in [-0.2, -0.15) is 5.10 Å². The molecule has 96 valence electrons. The van der Waals surface area contributed by atoms with Gasteiger partial charge in [0, 0.05) is 24.0 Å². The van der Waals surface area contributed by atoms with Gasteiger partial charge >= 0.3 is 0 Å². The van der Waals surface area contributed by atoms with Crippen LogP contribution in [0.2, 0.25) is 0 Å². The van der Waals surface area contributed by atoms with Crippen molar-refractivity contribution in [1.29, 1.82) is 0 Å². The van der Waals surface area contributed by atoms with Gasteiger partial charge in [-0.1, -0.05) is 0 Å². The van der Waals surface area contributed by atoms with Crippen molar-refractivity contribution in [3.63, 3.8) is 0 Å². The Kier molecular flexibility index (Phi) is 3.35. The summed E-state index contributed by atoms with van der Waals surface area (Å²) in [6.45, 7) is 1.96. The molecule has 18 heavy (non-hydrogen) atoms. The Bertz CT molecular complexity index is 635. The number of nitrogens with zero attached hydrogens (tertiary/aromatic N) is 1. The van der Waals surface area contributed by atoms with Crippen LogP contribution in [0.25, 0.3) is 0 Å². The molecule has 0 fully saturated rings. The lowest BCUT2D eigenvalue weighted by Gasteiger charge is -2.07. The van der Waals surface area contributed by atoms with Crippen molar-refractivity contribution >= 4 is 15.7 Å². The average molecular weight is 266 g/mol. The Morgan fingerprint density at radius 2 is 2.22 bits per heavy atom. The molecule has 0 radical (unpaired) electrons. The van der Waals surface area contributed by atoms with Crippen LogP contribution in [0.1, 0.15) is 11.1 Å². The third-order valence-electron chi connectivity index (χ3n) is 2.57. The molecule has 0 aliphatic carbocycles. The highest BCUT2D eigenvalue weighted by Crippen LogP contribution is 2.16. The van der Waals surface area contributed by atoms with E-state index in [4.69, 9.17) is 5.73 Å². The number of benzene rings is 1. The lowest BCUT2D eigenvalue weighted by Crippen LogP contribution is -2.23. The van der Waals surface area contributed by atoms with Gasteiger partial charge in [0.25, 0.3) is 0 Å². The van der Waals surface area contributed by atoms with Gasteiger partial charge in [0.2, 0.25) is 10.0 Å². The molecule has 6 nitrogen and oxygen atoms in total. The lowest BCUT2D eigenvalue weighted by atomic mass is 10.2. The SMILES string of the molecule is Cc1cc(S(=O)(=O)NCc2cn[nH]c2)ccc1N. The van der Waals surface area contributed by atoms with E-state index in [1.165, 1.54) is 6.07 Å². The number of nitrogen functional groups attached to an aromatic ring is 1. The molecule has 4 N–H and O–H groups in total. The predicted molar refractivity (Wildman–Crippen MR) is 68.2 cm³/mol. The fourth-order valence-electron chi connectivity index (χ4n) is 1.45. The van der Waals surface area contributed by atoms with Gasteiger partial charge in [-0.3, -0.25) is 5.10 Å². The summed E-state index contributed by atoms with van der Waals surface area (Å²) in [5, 5.41) is 6.37. The van der Waals surface area contributed by atoms with Gasteiger partial charge in [-0.25, -0.2) is 13.1 Å². The van der Waals surface area contributed by atoms with Crippen LogP contribution in [-0.2, 0) is 16.6 Å². The first kappa shape index (κ1) is 12.6. The van der Waals surface area contributed by atoms with Crippen molar-refractivity contribution in [1.82, 2.24) is 14.9 Å². The molecular weight excluding hydrogens is 252 g/mol. The van der Waals surface area contributed by atoms with Crippen molar-refractivity contribution in [2.24, 2.45) is 0 Å². The second-order valence-electron chi connectivity index (χ2n) is 3.95. The average Bonchev–Trinajstić information content (AvgIpc) is 2.83. The molecular formula is C11H14N4O2S. The molecule has 0 unspecified atom stereocenters. The number of hydrogen-bond donors (Lipinski definition) is 3. The van der Waals surface area contributed by atoms with E-state index in [0.717, 1.165) is 11.1 Å². The number of aromatic nitrogens is 2. The highest BCUT2D eigenvalue weighted by molar-refractivity contribution is 7.89. The number of hydrogen-bond acceptors (Lipinski definition) is 4. The number of rotatable bonds is 4. The van der Waals surface area contributed by atoms with Crippen molar-refractivity contribution in [3.05, 3.63) is 41.7 Å². The van der Waals surface area contributed by atoms with E-state index in [-0.39, 0.29) is 11.4 Å². The number of anilines is 1. The Morgan fingerprint density at radius 1 is 1.44 bits per heavy atom. The topological polar surface area (TPSA) is 101 Å².